The van der Waals surface area contributed by atoms with E-state index in [0.717, 1.165) is 15.8 Å². The fourth-order valence-corrected chi connectivity index (χ4v) is 2.96. The van der Waals surface area contributed by atoms with Crippen LogP contribution in [0, 0.1) is 5.41 Å². The second-order valence-electron chi connectivity index (χ2n) is 4.50. The van der Waals surface area contributed by atoms with Crippen LogP contribution in [0.4, 0.5) is 0 Å². The van der Waals surface area contributed by atoms with Crippen LogP contribution in [0.1, 0.15) is 19.8 Å². The molecule has 20 heavy (non-hydrogen) atoms. The molecule has 6 heteroatoms. The van der Waals surface area contributed by atoms with E-state index in [2.05, 4.69) is 0 Å². The monoisotopic (exact) mass is 293 g/mol. The van der Waals surface area contributed by atoms with Crippen LogP contribution < -0.4 is 10.6 Å². The van der Waals surface area contributed by atoms with E-state index in [-0.39, 0.29) is 18.9 Å². The lowest BCUT2D eigenvalue weighted by molar-refractivity contribution is 0.133. The first-order valence-electron chi connectivity index (χ1n) is 6.16. The van der Waals surface area contributed by atoms with Gasteiger partial charge in [-0.25, -0.2) is 0 Å². The standard InChI is InChI=1S/C14H17N3O2S.H2/c1-9(11(16)5-6-15)10-3-4-12-13(7-10)20-14(18)17(12)8-19-2;/h3-7,9,15H,8,16H2,1-2H3;1H/b11-5-,15-6?;. The molecule has 108 valence electrons. The van der Waals surface area contributed by atoms with Crippen LogP contribution in [0.5, 0.6) is 0 Å². The molecule has 0 aliphatic heterocycles. The summed E-state index contributed by atoms with van der Waals surface area (Å²) in [5, 5.41) is 7.06. The molecule has 0 saturated carbocycles. The third kappa shape index (κ3) is 2.66. The Morgan fingerprint density at radius 3 is 3.05 bits per heavy atom. The first-order chi connectivity index (χ1) is 9.58. The largest absolute Gasteiger partial charge is 0.402 e. The van der Waals surface area contributed by atoms with E-state index in [1.54, 1.807) is 17.8 Å². The van der Waals surface area contributed by atoms with Crippen molar-refractivity contribution in [1.29, 1.82) is 5.41 Å². The molecular weight excluding hydrogens is 274 g/mol. The van der Waals surface area contributed by atoms with Crippen molar-refractivity contribution in [2.75, 3.05) is 7.11 Å². The molecule has 0 aliphatic rings. The molecule has 1 heterocycles. The third-order valence-corrected chi connectivity index (χ3v) is 4.17. The quantitative estimate of drug-likeness (QED) is 0.831. The predicted octanol–water partition coefficient (Wildman–Crippen LogP) is 2.51. The topological polar surface area (TPSA) is 81.1 Å². The number of nitrogens with zero attached hydrogens (tertiary/aromatic N) is 1. The van der Waals surface area contributed by atoms with Gasteiger partial charge in [0.05, 0.1) is 10.2 Å². The highest BCUT2D eigenvalue weighted by molar-refractivity contribution is 7.16. The summed E-state index contributed by atoms with van der Waals surface area (Å²) in [7, 11) is 1.56. The third-order valence-electron chi connectivity index (χ3n) is 3.23. The Bertz CT molecular complexity index is 721. The molecule has 1 aromatic heterocycles. The molecule has 0 fully saturated rings. The molecule has 1 atom stereocenters. The van der Waals surface area contributed by atoms with E-state index in [9.17, 15) is 4.79 Å². The molecule has 1 aromatic carbocycles. The van der Waals surface area contributed by atoms with Gasteiger partial charge < -0.3 is 15.9 Å². The van der Waals surface area contributed by atoms with Gasteiger partial charge in [0.25, 0.3) is 0 Å². The van der Waals surface area contributed by atoms with Crippen LogP contribution in [-0.4, -0.2) is 17.9 Å². The number of thiazole rings is 1. The summed E-state index contributed by atoms with van der Waals surface area (Å²) in [5.74, 6) is 0.00840. The number of nitrogens with one attached hydrogen (secondary N) is 1. The Morgan fingerprint density at radius 2 is 2.40 bits per heavy atom. The van der Waals surface area contributed by atoms with Gasteiger partial charge in [-0.05, 0) is 23.8 Å². The number of fused-ring (bicyclic) bond motifs is 1. The van der Waals surface area contributed by atoms with Gasteiger partial charge in [-0.3, -0.25) is 9.36 Å². The molecule has 0 spiro atoms. The van der Waals surface area contributed by atoms with Gasteiger partial charge in [-0.2, -0.15) is 0 Å². The zero-order chi connectivity index (χ0) is 14.7. The molecule has 0 saturated heterocycles. The zero-order valence-electron chi connectivity index (χ0n) is 11.4. The lowest BCUT2D eigenvalue weighted by atomic mass is 9.97. The van der Waals surface area contributed by atoms with E-state index in [1.807, 2.05) is 25.1 Å². The van der Waals surface area contributed by atoms with Gasteiger partial charge in [-0.1, -0.05) is 24.3 Å². The number of benzene rings is 1. The zero-order valence-corrected chi connectivity index (χ0v) is 12.2. The summed E-state index contributed by atoms with van der Waals surface area (Å²) in [6, 6.07) is 5.84. The normalized spacial score (nSPS) is 13.6. The number of nitrogens with two attached hydrogens (primary N) is 1. The number of ether oxygens (including phenoxy) is 1. The number of hydrogen-bond donors (Lipinski definition) is 2. The second-order valence-corrected chi connectivity index (χ2v) is 5.49. The first-order valence-corrected chi connectivity index (χ1v) is 6.98. The average molecular weight is 293 g/mol. The molecule has 3 N–H and O–H groups in total. The minimum Gasteiger partial charge on any atom is -0.402 e. The summed E-state index contributed by atoms with van der Waals surface area (Å²) in [6.07, 6.45) is 2.76. The van der Waals surface area contributed by atoms with Crippen molar-refractivity contribution >= 4 is 27.8 Å². The van der Waals surface area contributed by atoms with Crippen molar-refractivity contribution < 1.29 is 6.16 Å². The highest BCUT2D eigenvalue weighted by atomic mass is 32.1. The first kappa shape index (κ1) is 14.5. The maximum Gasteiger partial charge on any atom is 0.310 e. The minimum absolute atomic E-state index is 0. The fraction of sp³-hybridized carbons (Fsp3) is 0.286. The molecule has 2 aromatic rings. The minimum atomic E-state index is -0.0327. The van der Waals surface area contributed by atoms with E-state index in [1.165, 1.54) is 17.6 Å². The number of aromatic nitrogens is 1. The van der Waals surface area contributed by atoms with Crippen molar-refractivity contribution in [3.05, 3.63) is 45.2 Å². The molecule has 1 unspecified atom stereocenters. The fourth-order valence-electron chi connectivity index (χ4n) is 2.04. The molecular formula is C14H19N3O2S. The van der Waals surface area contributed by atoms with E-state index in [0.29, 0.717) is 5.70 Å². The van der Waals surface area contributed by atoms with Crippen LogP contribution in [0.3, 0.4) is 0 Å². The van der Waals surface area contributed by atoms with Gasteiger partial charge in [0, 0.05) is 26.4 Å². The maximum absolute atomic E-state index is 11.9. The van der Waals surface area contributed by atoms with Crippen LogP contribution in [0.25, 0.3) is 10.2 Å². The van der Waals surface area contributed by atoms with Crippen LogP contribution in [0.15, 0.2) is 34.8 Å². The summed E-state index contributed by atoms with van der Waals surface area (Å²) in [4.78, 5) is 11.8. The summed E-state index contributed by atoms with van der Waals surface area (Å²) >= 11 is 1.20. The number of allylic oxidation sites excluding steroid dienone is 2. The van der Waals surface area contributed by atoms with Crippen molar-refractivity contribution in [2.45, 2.75) is 19.6 Å². The SMILES string of the molecule is COCn1c(=O)sc2cc(C(C)/C(N)=C/C=N)ccc21.[HH]. The number of methoxy groups -OCH3 is 1. The Hall–Kier alpha value is -1.92. The van der Waals surface area contributed by atoms with Crippen molar-refractivity contribution in [2.24, 2.45) is 5.73 Å². The number of hydrogen-bond acceptors (Lipinski definition) is 5. The lowest BCUT2D eigenvalue weighted by Crippen LogP contribution is -2.13. The van der Waals surface area contributed by atoms with Gasteiger partial charge in [0.15, 0.2) is 0 Å². The van der Waals surface area contributed by atoms with Crippen molar-refractivity contribution in [3.63, 3.8) is 0 Å². The Morgan fingerprint density at radius 1 is 1.65 bits per heavy atom. The van der Waals surface area contributed by atoms with Crippen LogP contribution >= 0.6 is 11.3 Å². The highest BCUT2D eigenvalue weighted by Gasteiger charge is 2.12. The summed E-state index contributed by atoms with van der Waals surface area (Å²) < 4.78 is 7.56. The molecule has 0 bridgehead atoms. The Balaban J connectivity index is 0.00000220. The molecule has 0 aliphatic carbocycles. The average Bonchev–Trinajstić information content (AvgIpc) is 2.74. The van der Waals surface area contributed by atoms with Crippen LogP contribution in [0.2, 0.25) is 0 Å². The van der Waals surface area contributed by atoms with E-state index >= 15 is 0 Å². The highest BCUT2D eigenvalue weighted by Crippen LogP contribution is 2.26. The van der Waals surface area contributed by atoms with E-state index in [4.69, 9.17) is 15.9 Å². The lowest BCUT2D eigenvalue weighted by Gasteiger charge is -2.12. The molecule has 0 radical (unpaired) electrons. The molecule has 0 amide bonds. The Labute approximate surface area is 122 Å². The maximum atomic E-state index is 11.9. The van der Waals surface area contributed by atoms with E-state index < -0.39 is 0 Å². The van der Waals surface area contributed by atoms with Gasteiger partial charge in [0.2, 0.25) is 0 Å². The predicted molar refractivity (Wildman–Crippen MR) is 84.7 cm³/mol. The van der Waals surface area contributed by atoms with Crippen molar-refractivity contribution in [1.82, 2.24) is 4.57 Å². The number of rotatable bonds is 5. The smallest absolute Gasteiger partial charge is 0.310 e. The van der Waals surface area contributed by atoms with Crippen molar-refractivity contribution in [3.8, 4) is 0 Å². The summed E-state index contributed by atoms with van der Waals surface area (Å²) in [5.41, 5.74) is 8.44. The van der Waals surface area contributed by atoms with Gasteiger partial charge in [-0.15, -0.1) is 0 Å². The van der Waals surface area contributed by atoms with Gasteiger partial charge in [0.1, 0.15) is 6.73 Å². The molecule has 5 nitrogen and oxygen atoms in total. The Kier molecular flexibility index (Phi) is 4.36. The molecule has 2 rings (SSSR count). The second kappa shape index (κ2) is 6.02. The van der Waals surface area contributed by atoms with Crippen LogP contribution in [-0.2, 0) is 11.5 Å². The summed E-state index contributed by atoms with van der Waals surface area (Å²) in [6.45, 7) is 2.23. The van der Waals surface area contributed by atoms with Gasteiger partial charge >= 0.3 is 4.87 Å².